The van der Waals surface area contributed by atoms with Gasteiger partial charge in [0, 0.05) is 62.4 Å². The van der Waals surface area contributed by atoms with Gasteiger partial charge in [-0.1, -0.05) is 7.43 Å². The van der Waals surface area contributed by atoms with Gasteiger partial charge in [0.25, 0.3) is 5.56 Å². The maximum atomic E-state index is 13.6. The number of nitrogens with zero attached hydrogens (tertiary/aromatic N) is 4. The summed E-state index contributed by atoms with van der Waals surface area (Å²) in [5.74, 6) is 0.921. The lowest BCUT2D eigenvalue weighted by Gasteiger charge is -2.33. The molecule has 200 valence electrons. The van der Waals surface area contributed by atoms with E-state index in [-0.39, 0.29) is 19.6 Å². The van der Waals surface area contributed by atoms with Crippen molar-refractivity contribution in [3.63, 3.8) is 0 Å². The molecule has 6 heterocycles. The molecule has 4 aliphatic rings. The van der Waals surface area contributed by atoms with Crippen LogP contribution in [-0.2, 0) is 34.0 Å². The van der Waals surface area contributed by atoms with Gasteiger partial charge in [-0.25, -0.2) is 9.78 Å². The third-order valence-corrected chi connectivity index (χ3v) is 7.93. The van der Waals surface area contributed by atoms with Crippen LogP contribution in [0.1, 0.15) is 35.8 Å². The van der Waals surface area contributed by atoms with Crippen LogP contribution in [0.15, 0.2) is 23.0 Å². The van der Waals surface area contributed by atoms with Crippen LogP contribution in [-0.4, -0.2) is 78.9 Å². The summed E-state index contributed by atoms with van der Waals surface area (Å²) in [5, 5.41) is 1.01. The number of carbonyl (C=O) groups excluding carboxylic acids is 1. The summed E-state index contributed by atoms with van der Waals surface area (Å²) in [6.07, 6.45) is -0.922. The first-order valence-corrected chi connectivity index (χ1v) is 12.6. The summed E-state index contributed by atoms with van der Waals surface area (Å²) in [6, 6.07) is 5.85. The largest absolute Gasteiger partial charge is 0.486 e. The number of fused-ring (bicyclic) bond motifs is 6. The number of methoxy groups -OCH3 is 1. The Morgan fingerprint density at radius 1 is 1.00 bits per heavy atom. The van der Waals surface area contributed by atoms with Crippen LogP contribution >= 0.6 is 0 Å². The van der Waals surface area contributed by atoms with Gasteiger partial charge >= 0.3 is 5.97 Å². The zero-order chi connectivity index (χ0) is 25.3. The number of carbonyl (C=O) groups is 1. The Hall–Kier alpha value is -3.47. The monoisotopic (exact) mass is 520 g/mol. The highest BCUT2D eigenvalue weighted by Crippen LogP contribution is 2.42. The van der Waals surface area contributed by atoms with Crippen molar-refractivity contribution in [2.75, 3.05) is 53.6 Å². The molecule has 0 spiro atoms. The van der Waals surface area contributed by atoms with Crippen molar-refractivity contribution in [2.24, 2.45) is 0 Å². The molecule has 0 N–H and O–H groups in total. The Labute approximate surface area is 220 Å². The molecule has 4 aliphatic heterocycles. The molecule has 0 radical (unpaired) electrons. The highest BCUT2D eigenvalue weighted by Gasteiger charge is 2.36. The van der Waals surface area contributed by atoms with Gasteiger partial charge in [0.1, 0.15) is 19.8 Å². The molecule has 0 saturated carbocycles. The smallest absolute Gasteiger partial charge is 0.340 e. The number of hydrogen-bond donors (Lipinski definition) is 0. The van der Waals surface area contributed by atoms with Gasteiger partial charge in [0.2, 0.25) is 0 Å². The van der Waals surface area contributed by atoms with Gasteiger partial charge < -0.3 is 28.4 Å². The zero-order valence-corrected chi connectivity index (χ0v) is 20.9. The van der Waals surface area contributed by atoms with E-state index in [4.69, 9.17) is 23.9 Å². The van der Waals surface area contributed by atoms with E-state index in [9.17, 15) is 9.59 Å². The number of aromatic nitrogens is 2. The zero-order valence-electron chi connectivity index (χ0n) is 20.9. The molecule has 38 heavy (non-hydrogen) atoms. The van der Waals surface area contributed by atoms with Gasteiger partial charge in [-0.15, -0.1) is 0 Å². The lowest BCUT2D eigenvalue weighted by Crippen LogP contribution is -2.44. The number of piperazine rings is 1. The maximum Gasteiger partial charge on any atom is 0.340 e. The fourth-order valence-electron chi connectivity index (χ4n) is 5.87. The fraction of sp³-hybridized carbons (Fsp3) is 0.464. The fourth-order valence-corrected chi connectivity index (χ4v) is 5.87. The number of likely N-dealkylation sites (N-methyl/N-ethyl adjacent to an activating group) is 1. The van der Waals surface area contributed by atoms with Gasteiger partial charge in [-0.05, 0) is 24.7 Å². The average molecular weight is 521 g/mol. The normalized spacial score (nSPS) is 20.4. The first-order chi connectivity index (χ1) is 18.0. The molecule has 0 amide bonds. The number of benzene rings is 1. The SMILES string of the molecule is C.COC1C(=O)OCc2c1cc1n(c2=O)Cc2c-1nc1cc3c(cc1c2CN1CCN(C)CC1)OCCO3. The molecule has 0 aliphatic carbocycles. The summed E-state index contributed by atoms with van der Waals surface area (Å²) in [5.41, 5.74) is 5.31. The van der Waals surface area contributed by atoms with Crippen molar-refractivity contribution in [3.05, 3.63) is 50.8 Å². The molecule has 2 aromatic heterocycles. The van der Waals surface area contributed by atoms with Gasteiger partial charge in [0.15, 0.2) is 17.6 Å². The number of rotatable bonds is 3. The Kier molecular flexibility index (Phi) is 6.13. The highest BCUT2D eigenvalue weighted by molar-refractivity contribution is 5.91. The minimum atomic E-state index is -0.922. The van der Waals surface area contributed by atoms with Crippen LogP contribution in [0, 0.1) is 0 Å². The highest BCUT2D eigenvalue weighted by atomic mass is 16.6. The van der Waals surface area contributed by atoms with Gasteiger partial charge in [-0.3, -0.25) is 9.69 Å². The second-order valence-corrected chi connectivity index (χ2v) is 10.1. The van der Waals surface area contributed by atoms with E-state index in [1.807, 2.05) is 18.2 Å². The number of cyclic esters (lactones) is 1. The van der Waals surface area contributed by atoms with Crippen molar-refractivity contribution in [2.45, 2.75) is 33.2 Å². The number of pyridine rings is 2. The van der Waals surface area contributed by atoms with E-state index in [2.05, 4.69) is 16.8 Å². The summed E-state index contributed by atoms with van der Waals surface area (Å²) in [6.45, 7) is 6.09. The van der Waals surface area contributed by atoms with E-state index >= 15 is 0 Å². The molecule has 1 atom stereocenters. The van der Waals surface area contributed by atoms with E-state index in [1.165, 1.54) is 7.11 Å². The lowest BCUT2D eigenvalue weighted by atomic mass is 9.97. The quantitative estimate of drug-likeness (QED) is 0.377. The molecule has 1 saturated heterocycles. The van der Waals surface area contributed by atoms with Crippen molar-refractivity contribution in [3.8, 4) is 22.9 Å². The van der Waals surface area contributed by atoms with Crippen LogP contribution in [0.25, 0.3) is 22.3 Å². The number of hydrogen-bond acceptors (Lipinski definition) is 9. The van der Waals surface area contributed by atoms with E-state index in [1.54, 1.807) is 4.57 Å². The van der Waals surface area contributed by atoms with Gasteiger partial charge in [0.05, 0.1) is 29.0 Å². The van der Waals surface area contributed by atoms with Crippen molar-refractivity contribution < 1.29 is 23.7 Å². The molecule has 3 aromatic rings. The summed E-state index contributed by atoms with van der Waals surface area (Å²) in [4.78, 5) is 35.8. The molecular formula is C28H32N4O6. The second kappa shape index (κ2) is 9.37. The molecular weight excluding hydrogens is 488 g/mol. The van der Waals surface area contributed by atoms with Crippen LogP contribution in [0.4, 0.5) is 0 Å². The third-order valence-electron chi connectivity index (χ3n) is 7.93. The third kappa shape index (κ3) is 3.78. The van der Waals surface area contributed by atoms with Crippen LogP contribution in [0.5, 0.6) is 11.5 Å². The first kappa shape index (κ1) is 24.8. The van der Waals surface area contributed by atoms with E-state index < -0.39 is 12.1 Å². The number of ether oxygens (including phenoxy) is 4. The van der Waals surface area contributed by atoms with E-state index in [0.717, 1.165) is 66.2 Å². The Morgan fingerprint density at radius 2 is 1.74 bits per heavy atom. The molecule has 1 aromatic carbocycles. The number of esters is 1. The van der Waals surface area contributed by atoms with E-state index in [0.29, 0.717) is 42.3 Å². The predicted molar refractivity (Wildman–Crippen MR) is 141 cm³/mol. The second-order valence-electron chi connectivity index (χ2n) is 10.1. The standard InChI is InChI=1S/C27H28N4O6.CH4/c1-29-3-5-30(6-4-29)12-17-15-10-22-23(36-8-7-35-22)11-20(15)28-24-18(17)13-31-21(24)9-16-19(26(31)32)14-37-27(33)25(16)34-2;/h9-11,25H,3-8,12-14H2,1-2H3;1H4. The maximum absolute atomic E-state index is 13.6. The molecule has 7 rings (SSSR count). The van der Waals surface area contributed by atoms with Crippen LogP contribution in [0.2, 0.25) is 0 Å². The Balaban J connectivity index is 0.00000264. The van der Waals surface area contributed by atoms with Crippen LogP contribution in [0.3, 0.4) is 0 Å². The average Bonchev–Trinajstić information content (AvgIpc) is 3.27. The predicted octanol–water partition coefficient (Wildman–Crippen LogP) is 2.32. The summed E-state index contributed by atoms with van der Waals surface area (Å²) in [7, 11) is 3.60. The Bertz CT molecular complexity index is 1510. The topological polar surface area (TPSA) is 95.4 Å². The van der Waals surface area contributed by atoms with Crippen molar-refractivity contribution in [1.29, 1.82) is 0 Å². The minimum absolute atomic E-state index is 0. The molecule has 10 heteroatoms. The summed E-state index contributed by atoms with van der Waals surface area (Å²) < 4.78 is 24.2. The van der Waals surface area contributed by atoms with Crippen molar-refractivity contribution in [1.82, 2.24) is 19.4 Å². The molecule has 0 bridgehead atoms. The van der Waals surface area contributed by atoms with Crippen molar-refractivity contribution >= 4 is 16.9 Å². The lowest BCUT2D eigenvalue weighted by molar-refractivity contribution is -0.159. The molecule has 1 fully saturated rings. The Morgan fingerprint density at radius 3 is 2.47 bits per heavy atom. The van der Waals surface area contributed by atoms with Gasteiger partial charge in [-0.2, -0.15) is 0 Å². The molecule has 10 nitrogen and oxygen atoms in total. The first-order valence-electron chi connectivity index (χ1n) is 12.6. The van der Waals surface area contributed by atoms with Crippen LogP contribution < -0.4 is 15.0 Å². The minimum Gasteiger partial charge on any atom is -0.486 e. The molecule has 1 unspecified atom stereocenters. The summed E-state index contributed by atoms with van der Waals surface area (Å²) >= 11 is 0.